The number of thioether (sulfide) groups is 1. The lowest BCUT2D eigenvalue weighted by Crippen LogP contribution is -2.28. The Morgan fingerprint density at radius 2 is 2.20 bits per heavy atom. The van der Waals surface area contributed by atoms with E-state index in [1.54, 1.807) is 27.1 Å². The number of hydrazone groups is 1. The van der Waals surface area contributed by atoms with Gasteiger partial charge in [0.2, 0.25) is 5.16 Å². The van der Waals surface area contributed by atoms with E-state index >= 15 is 0 Å². The van der Waals surface area contributed by atoms with Crippen LogP contribution < -0.4 is 0 Å². The Morgan fingerprint density at radius 3 is 2.97 bits per heavy atom. The first kappa shape index (κ1) is 19.0. The third-order valence-electron chi connectivity index (χ3n) is 4.77. The van der Waals surface area contributed by atoms with Gasteiger partial charge in [-0.3, -0.25) is 4.79 Å². The van der Waals surface area contributed by atoms with E-state index in [2.05, 4.69) is 20.2 Å². The molecule has 30 heavy (non-hydrogen) atoms. The summed E-state index contributed by atoms with van der Waals surface area (Å²) in [5.74, 6) is 1.32. The molecule has 152 valence electrons. The summed E-state index contributed by atoms with van der Waals surface area (Å²) in [5, 5.41) is 13.2. The highest BCUT2D eigenvalue weighted by Crippen LogP contribution is 2.35. The van der Waals surface area contributed by atoms with Gasteiger partial charge in [0, 0.05) is 22.7 Å². The molecular weight excluding hydrogens is 420 g/mol. The van der Waals surface area contributed by atoms with E-state index in [-0.39, 0.29) is 17.7 Å². The standard InChI is InChI=1S/C20H18N6O2S2/c1-12-9-13(2)25-19(21-12)22-20(24-25)30-11-18(27)26-15(17-6-4-8-29-17)10-14(23-26)16-5-3-7-28-16/h3-9,15H,10-11H2,1-2H3/t15-/m0/s1. The van der Waals surface area contributed by atoms with Gasteiger partial charge < -0.3 is 4.42 Å². The lowest BCUT2D eigenvalue weighted by atomic mass is 10.1. The van der Waals surface area contributed by atoms with Gasteiger partial charge in [-0.25, -0.2) is 14.5 Å². The van der Waals surface area contributed by atoms with Crippen LogP contribution in [-0.2, 0) is 4.79 Å². The van der Waals surface area contributed by atoms with Crippen LogP contribution in [-0.4, -0.2) is 42.0 Å². The summed E-state index contributed by atoms with van der Waals surface area (Å²) in [6.07, 6.45) is 2.24. The quantitative estimate of drug-likeness (QED) is 0.440. The molecule has 0 bridgehead atoms. The Labute approximate surface area is 180 Å². The van der Waals surface area contributed by atoms with Crippen molar-refractivity contribution in [2.75, 3.05) is 5.75 Å². The second-order valence-corrected chi connectivity index (χ2v) is 8.85. The molecule has 0 spiro atoms. The molecule has 0 saturated heterocycles. The molecule has 0 aromatic carbocycles. The van der Waals surface area contributed by atoms with Gasteiger partial charge in [-0.15, -0.1) is 16.4 Å². The van der Waals surface area contributed by atoms with Crippen molar-refractivity contribution in [2.45, 2.75) is 31.5 Å². The topological polar surface area (TPSA) is 88.9 Å². The minimum absolute atomic E-state index is 0.0975. The number of fused-ring (bicyclic) bond motifs is 1. The van der Waals surface area contributed by atoms with Gasteiger partial charge in [-0.1, -0.05) is 17.8 Å². The summed E-state index contributed by atoms with van der Waals surface area (Å²) in [5.41, 5.74) is 2.61. The molecule has 0 unspecified atom stereocenters. The number of hydrogen-bond donors (Lipinski definition) is 0. The van der Waals surface area contributed by atoms with Crippen LogP contribution in [0.25, 0.3) is 5.78 Å². The van der Waals surface area contributed by atoms with Gasteiger partial charge >= 0.3 is 0 Å². The summed E-state index contributed by atoms with van der Waals surface area (Å²) in [6, 6.07) is 9.53. The van der Waals surface area contributed by atoms with Crippen molar-refractivity contribution in [3.05, 3.63) is 64.0 Å². The van der Waals surface area contributed by atoms with E-state index in [9.17, 15) is 4.79 Å². The predicted octanol–water partition coefficient (Wildman–Crippen LogP) is 3.87. The molecule has 5 rings (SSSR count). The van der Waals surface area contributed by atoms with Crippen molar-refractivity contribution in [2.24, 2.45) is 5.10 Å². The smallest absolute Gasteiger partial charge is 0.253 e. The molecule has 10 heteroatoms. The number of carbonyl (C=O) groups excluding carboxylic acids is 1. The van der Waals surface area contributed by atoms with Crippen LogP contribution in [0.5, 0.6) is 0 Å². The average molecular weight is 439 g/mol. The van der Waals surface area contributed by atoms with Crippen LogP contribution in [0.3, 0.4) is 0 Å². The number of aromatic nitrogens is 4. The Hall–Kier alpha value is -2.98. The zero-order valence-corrected chi connectivity index (χ0v) is 18.0. The molecule has 1 aliphatic heterocycles. The largest absolute Gasteiger partial charge is 0.463 e. The average Bonchev–Trinajstić information content (AvgIpc) is 3.51. The van der Waals surface area contributed by atoms with Crippen molar-refractivity contribution >= 4 is 40.5 Å². The van der Waals surface area contributed by atoms with Crippen molar-refractivity contribution < 1.29 is 9.21 Å². The molecule has 5 heterocycles. The Kier molecular flexibility index (Phi) is 4.87. The zero-order valence-electron chi connectivity index (χ0n) is 16.3. The monoisotopic (exact) mass is 438 g/mol. The van der Waals surface area contributed by atoms with E-state index in [1.165, 1.54) is 11.8 Å². The van der Waals surface area contributed by atoms with E-state index < -0.39 is 0 Å². The number of carbonyl (C=O) groups is 1. The first-order chi connectivity index (χ1) is 14.6. The number of nitrogens with zero attached hydrogens (tertiary/aromatic N) is 6. The first-order valence-electron chi connectivity index (χ1n) is 9.39. The maximum atomic E-state index is 13.1. The lowest BCUT2D eigenvalue weighted by molar-refractivity contribution is -0.130. The summed E-state index contributed by atoms with van der Waals surface area (Å²) >= 11 is 2.91. The number of aryl methyl sites for hydroxylation is 2. The fraction of sp³-hybridized carbons (Fsp3) is 0.250. The molecule has 0 N–H and O–H groups in total. The molecule has 0 fully saturated rings. The zero-order chi connectivity index (χ0) is 20.7. The highest BCUT2D eigenvalue weighted by Gasteiger charge is 2.34. The van der Waals surface area contributed by atoms with Crippen molar-refractivity contribution in [3.8, 4) is 0 Å². The highest BCUT2D eigenvalue weighted by molar-refractivity contribution is 7.99. The van der Waals surface area contributed by atoms with E-state index in [0.29, 0.717) is 23.1 Å². The molecule has 1 atom stereocenters. The third kappa shape index (κ3) is 3.52. The van der Waals surface area contributed by atoms with E-state index in [1.807, 2.05) is 49.6 Å². The maximum Gasteiger partial charge on any atom is 0.253 e. The maximum absolute atomic E-state index is 13.1. The van der Waals surface area contributed by atoms with Crippen LogP contribution in [0.1, 0.15) is 34.5 Å². The highest BCUT2D eigenvalue weighted by atomic mass is 32.2. The van der Waals surface area contributed by atoms with Crippen molar-refractivity contribution in [1.29, 1.82) is 0 Å². The van der Waals surface area contributed by atoms with Gasteiger partial charge in [-0.2, -0.15) is 10.1 Å². The van der Waals surface area contributed by atoms with Crippen LogP contribution in [0.15, 0.2) is 56.7 Å². The second kappa shape index (κ2) is 7.69. The minimum Gasteiger partial charge on any atom is -0.463 e. The normalized spacial score (nSPS) is 16.4. The van der Waals surface area contributed by atoms with Gasteiger partial charge in [0.05, 0.1) is 18.1 Å². The molecule has 1 aliphatic rings. The third-order valence-corrected chi connectivity index (χ3v) is 6.56. The van der Waals surface area contributed by atoms with Crippen molar-refractivity contribution in [1.82, 2.24) is 24.6 Å². The molecule has 0 saturated carbocycles. The first-order valence-corrected chi connectivity index (χ1v) is 11.3. The van der Waals surface area contributed by atoms with E-state index in [0.717, 1.165) is 22.0 Å². The van der Waals surface area contributed by atoms with Gasteiger partial charge in [-0.05, 0) is 43.5 Å². The molecule has 4 aromatic heterocycles. The summed E-state index contributed by atoms with van der Waals surface area (Å²) in [7, 11) is 0. The van der Waals surface area contributed by atoms with E-state index in [4.69, 9.17) is 4.42 Å². The summed E-state index contributed by atoms with van der Waals surface area (Å²) in [6.45, 7) is 3.88. The molecule has 4 aromatic rings. The molecule has 0 radical (unpaired) electrons. The SMILES string of the molecule is Cc1cc(C)n2nc(SCC(=O)N3N=C(c4ccco4)C[C@H]3c3cccs3)nc2n1. The molecule has 0 aliphatic carbocycles. The summed E-state index contributed by atoms with van der Waals surface area (Å²) in [4.78, 5) is 23.0. The van der Waals surface area contributed by atoms with Crippen molar-refractivity contribution in [3.63, 3.8) is 0 Å². The Bertz CT molecular complexity index is 1230. The number of amides is 1. The van der Waals surface area contributed by atoms with Gasteiger partial charge in [0.1, 0.15) is 11.5 Å². The minimum atomic E-state index is -0.126. The Morgan fingerprint density at radius 1 is 1.30 bits per heavy atom. The van der Waals surface area contributed by atoms with Crippen LogP contribution in [0.4, 0.5) is 0 Å². The fourth-order valence-electron chi connectivity index (χ4n) is 3.44. The second-order valence-electron chi connectivity index (χ2n) is 6.93. The number of thiophene rings is 1. The number of rotatable bonds is 5. The van der Waals surface area contributed by atoms with Crippen LogP contribution >= 0.6 is 23.1 Å². The fourth-order valence-corrected chi connectivity index (χ4v) is 4.92. The van der Waals surface area contributed by atoms with Crippen LogP contribution in [0.2, 0.25) is 0 Å². The predicted molar refractivity (Wildman–Crippen MR) is 115 cm³/mol. The number of hydrogen-bond acceptors (Lipinski definition) is 8. The molecule has 1 amide bonds. The Balaban J connectivity index is 1.36. The number of furan rings is 1. The van der Waals surface area contributed by atoms with Gasteiger partial charge in [0.15, 0.2) is 0 Å². The summed E-state index contributed by atoms with van der Waals surface area (Å²) < 4.78 is 7.19. The molecular formula is C20H18N6O2S2. The lowest BCUT2D eigenvalue weighted by Gasteiger charge is -2.20. The molecule has 8 nitrogen and oxygen atoms in total. The van der Waals surface area contributed by atoms with Crippen LogP contribution in [0, 0.1) is 13.8 Å². The van der Waals surface area contributed by atoms with Gasteiger partial charge in [0.25, 0.3) is 11.7 Å².